The third kappa shape index (κ3) is 2.77. The molecule has 1 aliphatic rings. The molecule has 20 heavy (non-hydrogen) atoms. The smallest absolute Gasteiger partial charge is 0.406 e. The molecule has 1 atom stereocenters. The maximum absolute atomic E-state index is 13.0. The largest absolute Gasteiger partial charge is 0.481 e. The van der Waals surface area contributed by atoms with Gasteiger partial charge in [-0.25, -0.2) is 0 Å². The zero-order chi connectivity index (χ0) is 14.8. The van der Waals surface area contributed by atoms with Gasteiger partial charge >= 0.3 is 12.1 Å². The van der Waals surface area contributed by atoms with E-state index in [1.165, 1.54) is 4.90 Å². The van der Waals surface area contributed by atoms with Crippen molar-refractivity contribution in [2.45, 2.75) is 19.0 Å². The molecule has 0 saturated carbocycles. The van der Waals surface area contributed by atoms with Crippen LogP contribution in [0.3, 0.4) is 0 Å². The summed E-state index contributed by atoms with van der Waals surface area (Å²) in [6.45, 7) is 0.0272. The van der Waals surface area contributed by atoms with Gasteiger partial charge in [0.05, 0.1) is 0 Å². The van der Waals surface area contributed by atoms with E-state index in [1.807, 2.05) is 6.07 Å². The number of rotatable bonds is 4. The molecule has 0 amide bonds. The van der Waals surface area contributed by atoms with Crippen LogP contribution in [0.1, 0.15) is 12.1 Å². The fraction of sp³-hybridized carbons (Fsp3) is 0.538. The molecule has 1 N–H and O–H groups in total. The predicted molar refractivity (Wildman–Crippen MR) is 65.1 cm³/mol. The Morgan fingerprint density at radius 1 is 1.45 bits per heavy atom. The van der Waals surface area contributed by atoms with Crippen molar-refractivity contribution in [3.05, 3.63) is 30.1 Å². The predicted octanol–water partition coefficient (Wildman–Crippen LogP) is 1.96. The van der Waals surface area contributed by atoms with Crippen LogP contribution in [0.4, 0.5) is 13.2 Å². The number of hydrogen-bond acceptors (Lipinski definition) is 3. The zero-order valence-electron chi connectivity index (χ0n) is 10.7. The van der Waals surface area contributed by atoms with Gasteiger partial charge in [0.2, 0.25) is 0 Å². The summed E-state index contributed by atoms with van der Waals surface area (Å²) >= 11 is 0. The molecule has 7 heteroatoms. The fourth-order valence-electron chi connectivity index (χ4n) is 2.43. The Morgan fingerprint density at radius 2 is 2.20 bits per heavy atom. The summed E-state index contributed by atoms with van der Waals surface area (Å²) in [5.74, 6) is -1.79. The molecule has 1 fully saturated rings. The normalized spacial score (nSPS) is 23.9. The molecular formula is C13H15F3N2O2. The van der Waals surface area contributed by atoms with Crippen molar-refractivity contribution in [3.8, 4) is 0 Å². The van der Waals surface area contributed by atoms with Crippen molar-refractivity contribution >= 4 is 5.97 Å². The van der Waals surface area contributed by atoms with E-state index in [4.69, 9.17) is 5.11 Å². The molecule has 2 rings (SSSR count). The summed E-state index contributed by atoms with van der Waals surface area (Å²) in [5.41, 5.74) is -1.84. The molecule has 1 saturated heterocycles. The van der Waals surface area contributed by atoms with Crippen molar-refractivity contribution in [1.82, 2.24) is 9.88 Å². The van der Waals surface area contributed by atoms with Crippen LogP contribution in [-0.4, -0.2) is 46.8 Å². The Bertz CT molecular complexity index is 478. The van der Waals surface area contributed by atoms with Gasteiger partial charge in [0.15, 0.2) is 5.41 Å². The molecule has 0 radical (unpaired) electrons. The van der Waals surface area contributed by atoms with Crippen LogP contribution in [0.15, 0.2) is 24.4 Å². The van der Waals surface area contributed by atoms with Crippen LogP contribution < -0.4 is 0 Å². The van der Waals surface area contributed by atoms with Crippen LogP contribution in [0.25, 0.3) is 0 Å². The van der Waals surface area contributed by atoms with Gasteiger partial charge in [-0.2, -0.15) is 13.2 Å². The van der Waals surface area contributed by atoms with Crippen molar-refractivity contribution in [2.75, 3.05) is 19.6 Å². The third-order valence-electron chi connectivity index (χ3n) is 3.71. The first-order valence-electron chi connectivity index (χ1n) is 6.27. The molecule has 1 aliphatic heterocycles. The molecule has 1 aromatic rings. The van der Waals surface area contributed by atoms with E-state index in [0.29, 0.717) is 13.0 Å². The van der Waals surface area contributed by atoms with Crippen molar-refractivity contribution < 1.29 is 23.1 Å². The second-order valence-electron chi connectivity index (χ2n) is 4.98. The Labute approximate surface area is 114 Å². The summed E-state index contributed by atoms with van der Waals surface area (Å²) in [6.07, 6.45) is -2.99. The Kier molecular flexibility index (Phi) is 3.99. The number of alkyl halides is 3. The van der Waals surface area contributed by atoms with Crippen molar-refractivity contribution in [2.24, 2.45) is 5.41 Å². The number of hydrogen-bond donors (Lipinski definition) is 1. The van der Waals surface area contributed by atoms with Gasteiger partial charge in [-0.05, 0) is 25.1 Å². The molecule has 0 spiro atoms. The molecule has 2 heterocycles. The van der Waals surface area contributed by atoms with Crippen LogP contribution >= 0.6 is 0 Å². The number of pyridine rings is 1. The second kappa shape index (κ2) is 5.40. The fourth-order valence-corrected chi connectivity index (χ4v) is 2.43. The molecule has 110 valence electrons. The summed E-state index contributed by atoms with van der Waals surface area (Å²) in [6, 6.07) is 5.37. The molecule has 1 unspecified atom stereocenters. The number of carboxylic acid groups (broad SMARTS) is 1. The van der Waals surface area contributed by atoms with Crippen LogP contribution in [0.5, 0.6) is 0 Å². The molecular weight excluding hydrogens is 273 g/mol. The maximum atomic E-state index is 13.0. The van der Waals surface area contributed by atoms with E-state index in [9.17, 15) is 18.0 Å². The van der Waals surface area contributed by atoms with E-state index in [2.05, 4.69) is 4.98 Å². The quantitative estimate of drug-likeness (QED) is 0.920. The van der Waals surface area contributed by atoms with E-state index < -0.39 is 30.5 Å². The van der Waals surface area contributed by atoms with E-state index >= 15 is 0 Å². The zero-order valence-corrected chi connectivity index (χ0v) is 10.7. The Morgan fingerprint density at radius 3 is 2.70 bits per heavy atom. The minimum Gasteiger partial charge on any atom is -0.481 e. The first-order valence-corrected chi connectivity index (χ1v) is 6.27. The third-order valence-corrected chi connectivity index (χ3v) is 3.71. The minimum atomic E-state index is -4.72. The highest BCUT2D eigenvalue weighted by Crippen LogP contribution is 2.45. The lowest BCUT2D eigenvalue weighted by Gasteiger charge is -2.27. The summed E-state index contributed by atoms with van der Waals surface area (Å²) in [4.78, 5) is 16.7. The van der Waals surface area contributed by atoms with Gasteiger partial charge < -0.3 is 10.0 Å². The first-order chi connectivity index (χ1) is 9.35. The average Bonchev–Trinajstić information content (AvgIpc) is 2.83. The highest BCUT2D eigenvalue weighted by molar-refractivity contribution is 5.76. The Hall–Kier alpha value is -1.63. The average molecular weight is 288 g/mol. The van der Waals surface area contributed by atoms with Gasteiger partial charge in [-0.15, -0.1) is 0 Å². The second-order valence-corrected chi connectivity index (χ2v) is 4.98. The van der Waals surface area contributed by atoms with Gasteiger partial charge in [0, 0.05) is 31.4 Å². The van der Waals surface area contributed by atoms with E-state index in [0.717, 1.165) is 5.69 Å². The monoisotopic (exact) mass is 288 g/mol. The number of carbonyl (C=O) groups is 1. The van der Waals surface area contributed by atoms with Crippen LogP contribution in [0, 0.1) is 5.41 Å². The lowest BCUT2D eigenvalue weighted by atomic mass is 9.86. The summed E-state index contributed by atoms with van der Waals surface area (Å²) in [7, 11) is 0. The van der Waals surface area contributed by atoms with Crippen molar-refractivity contribution in [1.29, 1.82) is 0 Å². The Balaban J connectivity index is 1.99. The highest BCUT2D eigenvalue weighted by atomic mass is 19.4. The number of likely N-dealkylation sites (tertiary alicyclic amines) is 1. The summed E-state index contributed by atoms with van der Waals surface area (Å²) < 4.78 is 39.0. The lowest BCUT2D eigenvalue weighted by molar-refractivity contribution is -0.227. The topological polar surface area (TPSA) is 53.4 Å². The highest BCUT2D eigenvalue weighted by Gasteiger charge is 2.63. The van der Waals surface area contributed by atoms with Gasteiger partial charge in [0.25, 0.3) is 0 Å². The van der Waals surface area contributed by atoms with Gasteiger partial charge in [0.1, 0.15) is 0 Å². The first kappa shape index (κ1) is 14.8. The number of halogens is 3. The van der Waals surface area contributed by atoms with Gasteiger partial charge in [-0.3, -0.25) is 9.78 Å². The number of nitrogens with zero attached hydrogens (tertiary/aromatic N) is 2. The number of aromatic nitrogens is 1. The number of carboxylic acids is 1. The standard InChI is InChI=1S/C13H15F3N2O2/c14-13(15,16)12(11(19)20)5-8-18(9-12)7-4-10-3-1-2-6-17-10/h1-3,6H,4-5,7-9H2,(H,19,20). The molecule has 0 aromatic carbocycles. The van der Waals surface area contributed by atoms with Crippen LogP contribution in [0.2, 0.25) is 0 Å². The molecule has 0 bridgehead atoms. The minimum absolute atomic E-state index is 0.138. The van der Waals surface area contributed by atoms with Crippen LogP contribution in [-0.2, 0) is 11.2 Å². The lowest BCUT2D eigenvalue weighted by Crippen LogP contribution is -2.47. The van der Waals surface area contributed by atoms with Gasteiger partial charge in [-0.1, -0.05) is 6.07 Å². The molecule has 1 aromatic heterocycles. The maximum Gasteiger partial charge on any atom is 0.406 e. The van der Waals surface area contributed by atoms with E-state index in [1.54, 1.807) is 18.3 Å². The SMILES string of the molecule is O=C(O)C1(C(F)(F)F)CCN(CCc2ccccn2)C1. The van der Waals surface area contributed by atoms with Crippen molar-refractivity contribution in [3.63, 3.8) is 0 Å². The van der Waals surface area contributed by atoms with E-state index in [-0.39, 0.29) is 6.54 Å². The molecule has 0 aliphatic carbocycles. The summed E-state index contributed by atoms with van der Waals surface area (Å²) in [5, 5.41) is 8.94. The number of aliphatic carboxylic acids is 1. The molecule has 4 nitrogen and oxygen atoms in total.